The lowest BCUT2D eigenvalue weighted by Crippen LogP contribution is -2.51. The van der Waals surface area contributed by atoms with Crippen LogP contribution >= 0.6 is 0 Å². The molecule has 230 valence electrons. The van der Waals surface area contributed by atoms with Gasteiger partial charge in [0.05, 0.1) is 18.0 Å². The molecule has 44 heavy (non-hydrogen) atoms. The first-order valence-corrected chi connectivity index (χ1v) is 15.9. The van der Waals surface area contributed by atoms with E-state index >= 15 is 0 Å². The smallest absolute Gasteiger partial charge is 0.164 e. The molecule has 2 fully saturated rings. The normalized spacial score (nSPS) is 20.1. The Morgan fingerprint density at radius 1 is 0.955 bits per heavy atom. The number of nitrogen functional groups attached to an aromatic ring is 1. The van der Waals surface area contributed by atoms with Gasteiger partial charge in [-0.05, 0) is 56.4 Å². The molecule has 7 rings (SSSR count). The molecule has 0 amide bonds. The predicted octanol–water partition coefficient (Wildman–Crippen LogP) is 5.36. The molecule has 4 heterocycles. The summed E-state index contributed by atoms with van der Waals surface area (Å²) < 4.78 is 23.7. The number of aromatic nitrogens is 5. The number of halogens is 1. The van der Waals surface area contributed by atoms with Gasteiger partial charge in [-0.2, -0.15) is 5.10 Å². The number of benzene rings is 2. The van der Waals surface area contributed by atoms with Crippen LogP contribution in [0.4, 0.5) is 10.2 Å². The van der Waals surface area contributed by atoms with Crippen molar-refractivity contribution in [3.05, 3.63) is 72.4 Å². The SMILES string of the molecule is COCCCN1CCN(C2CCC(n3nc(-c4ccc5c(ccn5Cc5ccccc5F)c4)c4c(N)ncnc43)CC2)CC1. The van der Waals surface area contributed by atoms with E-state index in [2.05, 4.69) is 53.3 Å². The summed E-state index contributed by atoms with van der Waals surface area (Å²) in [7, 11) is 1.78. The highest BCUT2D eigenvalue weighted by Gasteiger charge is 2.31. The van der Waals surface area contributed by atoms with Crippen molar-refractivity contribution in [2.75, 3.05) is 52.2 Å². The number of hydrogen-bond acceptors (Lipinski definition) is 7. The first kappa shape index (κ1) is 28.9. The van der Waals surface area contributed by atoms with Crippen molar-refractivity contribution in [1.29, 1.82) is 0 Å². The highest BCUT2D eigenvalue weighted by Crippen LogP contribution is 2.38. The molecule has 0 unspecified atom stereocenters. The number of nitrogens with two attached hydrogens (primary N) is 1. The predicted molar refractivity (Wildman–Crippen MR) is 172 cm³/mol. The lowest BCUT2D eigenvalue weighted by Gasteiger charge is -2.42. The summed E-state index contributed by atoms with van der Waals surface area (Å²) >= 11 is 0. The van der Waals surface area contributed by atoms with Crippen LogP contribution in [0, 0.1) is 5.82 Å². The average Bonchev–Trinajstić information content (AvgIpc) is 3.65. The van der Waals surface area contributed by atoms with Gasteiger partial charge < -0.3 is 19.9 Å². The lowest BCUT2D eigenvalue weighted by atomic mass is 9.90. The second-order valence-electron chi connectivity index (χ2n) is 12.2. The van der Waals surface area contributed by atoms with Crippen molar-refractivity contribution in [2.45, 2.75) is 50.7 Å². The standard InChI is InChI=1S/C34H41FN8O/c1-44-20-4-14-40-16-18-41(19-17-40)27-8-10-28(11-9-27)43-34-31(33(36)37-23-38-34)32(39-43)25-7-12-30-24(21-25)13-15-42(30)22-26-5-2-3-6-29(26)35/h2-3,5-7,12-13,15,21,23,27-28H,4,8-11,14,16-20,22H2,1H3,(H2,36,37,38). The van der Waals surface area contributed by atoms with Gasteiger partial charge in [0.1, 0.15) is 23.7 Å². The second-order valence-corrected chi connectivity index (χ2v) is 12.2. The largest absolute Gasteiger partial charge is 0.385 e. The van der Waals surface area contributed by atoms with Crippen molar-refractivity contribution in [1.82, 2.24) is 34.1 Å². The molecule has 0 bridgehead atoms. The highest BCUT2D eigenvalue weighted by atomic mass is 19.1. The third kappa shape index (κ3) is 5.69. The maximum absolute atomic E-state index is 14.3. The minimum absolute atomic E-state index is 0.191. The molecule has 10 heteroatoms. The summed E-state index contributed by atoms with van der Waals surface area (Å²) in [6, 6.07) is 16.2. The van der Waals surface area contributed by atoms with Crippen LogP contribution in [0.1, 0.15) is 43.7 Å². The third-order valence-corrected chi connectivity index (χ3v) is 9.62. The number of ether oxygens (including phenoxy) is 1. The molecule has 0 atom stereocenters. The van der Waals surface area contributed by atoms with Crippen LogP contribution in [0.15, 0.2) is 61.1 Å². The number of fused-ring (bicyclic) bond motifs is 2. The van der Waals surface area contributed by atoms with E-state index in [9.17, 15) is 4.39 Å². The van der Waals surface area contributed by atoms with E-state index in [0.29, 0.717) is 24.0 Å². The number of hydrogen-bond donors (Lipinski definition) is 1. The van der Waals surface area contributed by atoms with Crippen molar-refractivity contribution < 1.29 is 9.13 Å². The van der Waals surface area contributed by atoms with Gasteiger partial charge in [0, 0.05) is 80.7 Å². The second kappa shape index (κ2) is 12.6. The quantitative estimate of drug-likeness (QED) is 0.229. The molecule has 1 saturated carbocycles. The zero-order valence-electron chi connectivity index (χ0n) is 25.4. The summed E-state index contributed by atoms with van der Waals surface area (Å²) in [5.41, 5.74) is 10.8. The summed E-state index contributed by atoms with van der Waals surface area (Å²) in [6.45, 7) is 7.01. The van der Waals surface area contributed by atoms with E-state index in [1.54, 1.807) is 19.5 Å². The first-order valence-electron chi connectivity index (χ1n) is 15.9. The molecule has 2 N–H and O–H groups in total. The summed E-state index contributed by atoms with van der Waals surface area (Å²) in [6.07, 6.45) is 9.11. The highest BCUT2D eigenvalue weighted by molar-refractivity contribution is 6.00. The Hall–Kier alpha value is -3.86. The van der Waals surface area contributed by atoms with E-state index in [1.807, 2.05) is 18.3 Å². The Labute approximate surface area is 257 Å². The van der Waals surface area contributed by atoms with Gasteiger partial charge in [-0.15, -0.1) is 0 Å². The number of anilines is 1. The maximum Gasteiger partial charge on any atom is 0.164 e. The molecular formula is C34H41FN8O. The molecule has 9 nitrogen and oxygen atoms in total. The Morgan fingerprint density at radius 3 is 2.55 bits per heavy atom. The molecule has 0 radical (unpaired) electrons. The van der Waals surface area contributed by atoms with Crippen molar-refractivity contribution in [3.8, 4) is 11.3 Å². The molecule has 0 spiro atoms. The maximum atomic E-state index is 14.3. The molecular weight excluding hydrogens is 555 g/mol. The zero-order chi connectivity index (χ0) is 30.0. The van der Waals surface area contributed by atoms with Gasteiger partial charge in [-0.25, -0.2) is 19.0 Å². The van der Waals surface area contributed by atoms with Gasteiger partial charge in [-0.3, -0.25) is 4.90 Å². The van der Waals surface area contributed by atoms with E-state index in [-0.39, 0.29) is 11.9 Å². The van der Waals surface area contributed by atoms with Gasteiger partial charge in [-0.1, -0.05) is 24.3 Å². The summed E-state index contributed by atoms with van der Waals surface area (Å²) in [5, 5.41) is 7.04. The fraction of sp³-hybridized carbons (Fsp3) is 0.441. The number of nitrogens with zero attached hydrogens (tertiary/aromatic N) is 7. The van der Waals surface area contributed by atoms with Crippen molar-refractivity contribution in [2.24, 2.45) is 0 Å². The monoisotopic (exact) mass is 596 g/mol. The van der Waals surface area contributed by atoms with Crippen LogP contribution in [0.25, 0.3) is 33.2 Å². The number of rotatable bonds is 9. The van der Waals surface area contributed by atoms with Gasteiger partial charge in [0.2, 0.25) is 0 Å². The van der Waals surface area contributed by atoms with Crippen molar-refractivity contribution in [3.63, 3.8) is 0 Å². The van der Waals surface area contributed by atoms with Crippen LogP contribution in [0.3, 0.4) is 0 Å². The molecule has 1 aliphatic carbocycles. The molecule has 3 aromatic heterocycles. The Balaban J connectivity index is 1.09. The minimum atomic E-state index is -0.191. The molecule has 2 aliphatic rings. The van der Waals surface area contributed by atoms with Crippen LogP contribution in [-0.2, 0) is 11.3 Å². The fourth-order valence-corrected chi connectivity index (χ4v) is 7.20. The topological polar surface area (TPSA) is 90.3 Å². The molecule has 2 aromatic carbocycles. The Bertz CT molecular complexity index is 1730. The average molecular weight is 597 g/mol. The van der Waals surface area contributed by atoms with Crippen LogP contribution in [0.5, 0.6) is 0 Å². The Morgan fingerprint density at radius 2 is 1.75 bits per heavy atom. The zero-order valence-corrected chi connectivity index (χ0v) is 25.4. The van der Waals surface area contributed by atoms with E-state index in [1.165, 1.54) is 6.07 Å². The third-order valence-electron chi connectivity index (χ3n) is 9.62. The van der Waals surface area contributed by atoms with Crippen LogP contribution in [-0.4, -0.2) is 86.6 Å². The number of methoxy groups -OCH3 is 1. The van der Waals surface area contributed by atoms with Crippen molar-refractivity contribution >= 4 is 27.8 Å². The van der Waals surface area contributed by atoms with Crippen LogP contribution < -0.4 is 5.73 Å². The Kier molecular flexibility index (Phi) is 8.29. The van der Waals surface area contributed by atoms with Crippen LogP contribution in [0.2, 0.25) is 0 Å². The fourth-order valence-electron chi connectivity index (χ4n) is 7.20. The minimum Gasteiger partial charge on any atom is -0.385 e. The molecule has 1 saturated heterocycles. The van der Waals surface area contributed by atoms with Gasteiger partial charge in [0.15, 0.2) is 5.65 Å². The van der Waals surface area contributed by atoms with E-state index < -0.39 is 0 Å². The molecule has 1 aliphatic heterocycles. The lowest BCUT2D eigenvalue weighted by molar-refractivity contribution is 0.0662. The molecule has 5 aromatic rings. The number of piperazine rings is 1. The van der Waals surface area contributed by atoms with E-state index in [0.717, 1.165) is 105 Å². The summed E-state index contributed by atoms with van der Waals surface area (Å²) in [4.78, 5) is 14.3. The van der Waals surface area contributed by atoms with Gasteiger partial charge >= 0.3 is 0 Å². The van der Waals surface area contributed by atoms with E-state index in [4.69, 9.17) is 15.6 Å². The first-order chi connectivity index (χ1) is 21.6. The summed E-state index contributed by atoms with van der Waals surface area (Å²) in [5.74, 6) is 0.259. The van der Waals surface area contributed by atoms with Gasteiger partial charge in [0.25, 0.3) is 0 Å².